The van der Waals surface area contributed by atoms with Crippen LogP contribution in [0.5, 0.6) is 5.75 Å². The number of nitrogens with one attached hydrogen (secondary N) is 1. The lowest BCUT2D eigenvalue weighted by molar-refractivity contribution is -0.121. The van der Waals surface area contributed by atoms with Crippen LogP contribution >= 0.6 is 11.6 Å². The van der Waals surface area contributed by atoms with Crippen molar-refractivity contribution in [3.8, 4) is 5.75 Å². The molecule has 1 amide bonds. The van der Waals surface area contributed by atoms with Crippen molar-refractivity contribution in [2.75, 3.05) is 25.5 Å². The maximum atomic E-state index is 12.5. The third-order valence-electron chi connectivity index (χ3n) is 3.66. The number of carbonyl (C=O) groups excluding carboxylic acids is 1. The number of methoxy groups -OCH3 is 1. The predicted molar refractivity (Wildman–Crippen MR) is 94.4 cm³/mol. The zero-order valence-electron chi connectivity index (χ0n) is 14.7. The standard InChI is InChI=1S/C17H27ClN2O3/c1-7-20(10-17(4,5)22)12(3)16(21)19-14-8-11(2)13(18)9-15(14)23-6/h8-9,12,22H,7,10H2,1-6H3,(H,19,21). The normalized spacial score (nSPS) is 13.1. The number of halogens is 1. The molecular weight excluding hydrogens is 316 g/mol. The van der Waals surface area contributed by atoms with E-state index < -0.39 is 5.60 Å². The summed E-state index contributed by atoms with van der Waals surface area (Å²) in [5, 5.41) is 13.5. The molecule has 1 atom stereocenters. The molecule has 0 aromatic heterocycles. The Hall–Kier alpha value is -1.30. The number of nitrogens with zero attached hydrogens (tertiary/aromatic N) is 1. The van der Waals surface area contributed by atoms with Crippen LogP contribution in [0.2, 0.25) is 5.02 Å². The first-order chi connectivity index (χ1) is 10.6. The lowest BCUT2D eigenvalue weighted by Crippen LogP contribution is -2.48. The first-order valence-corrected chi connectivity index (χ1v) is 8.08. The van der Waals surface area contributed by atoms with Gasteiger partial charge in [0.25, 0.3) is 0 Å². The fourth-order valence-electron chi connectivity index (χ4n) is 2.35. The molecular formula is C17H27ClN2O3. The van der Waals surface area contributed by atoms with Gasteiger partial charge in [0.2, 0.25) is 5.91 Å². The highest BCUT2D eigenvalue weighted by atomic mass is 35.5. The number of hydrogen-bond donors (Lipinski definition) is 2. The van der Waals surface area contributed by atoms with E-state index in [1.807, 2.05) is 25.7 Å². The topological polar surface area (TPSA) is 61.8 Å². The van der Waals surface area contributed by atoms with Crippen molar-refractivity contribution >= 4 is 23.2 Å². The molecule has 1 rings (SSSR count). The van der Waals surface area contributed by atoms with Crippen LogP contribution in [0.3, 0.4) is 0 Å². The highest BCUT2D eigenvalue weighted by Gasteiger charge is 2.26. The number of hydrogen-bond acceptors (Lipinski definition) is 4. The van der Waals surface area contributed by atoms with Gasteiger partial charge in [0.05, 0.1) is 24.4 Å². The third-order valence-corrected chi connectivity index (χ3v) is 4.07. The first-order valence-electron chi connectivity index (χ1n) is 7.70. The van der Waals surface area contributed by atoms with Crippen LogP contribution in [0, 0.1) is 6.92 Å². The molecule has 6 heteroatoms. The quantitative estimate of drug-likeness (QED) is 0.799. The summed E-state index contributed by atoms with van der Waals surface area (Å²) in [6.45, 7) is 10.2. The molecule has 0 heterocycles. The Balaban J connectivity index is 2.92. The van der Waals surface area contributed by atoms with Gasteiger partial charge in [-0.25, -0.2) is 0 Å². The minimum atomic E-state index is -0.862. The molecule has 0 spiro atoms. The van der Waals surface area contributed by atoms with Crippen molar-refractivity contribution in [3.05, 3.63) is 22.7 Å². The van der Waals surface area contributed by atoms with Crippen molar-refractivity contribution in [2.24, 2.45) is 0 Å². The molecule has 2 N–H and O–H groups in total. The van der Waals surface area contributed by atoms with Gasteiger partial charge in [0.15, 0.2) is 0 Å². The largest absolute Gasteiger partial charge is 0.495 e. The van der Waals surface area contributed by atoms with E-state index in [1.54, 1.807) is 26.0 Å². The van der Waals surface area contributed by atoms with Gasteiger partial charge in [-0.3, -0.25) is 9.69 Å². The SMILES string of the molecule is CCN(CC(C)(C)O)C(C)C(=O)Nc1cc(C)c(Cl)cc1OC. The number of amides is 1. The Kier molecular flexibility index (Phi) is 6.86. The molecule has 0 aliphatic heterocycles. The van der Waals surface area contributed by atoms with Gasteiger partial charge >= 0.3 is 0 Å². The van der Waals surface area contributed by atoms with Crippen LogP contribution in [0.4, 0.5) is 5.69 Å². The number of carbonyl (C=O) groups is 1. The molecule has 1 aromatic rings. The zero-order valence-corrected chi connectivity index (χ0v) is 15.5. The molecule has 0 aliphatic rings. The van der Waals surface area contributed by atoms with Gasteiger partial charge in [-0.1, -0.05) is 18.5 Å². The molecule has 23 heavy (non-hydrogen) atoms. The molecule has 0 saturated heterocycles. The highest BCUT2D eigenvalue weighted by Crippen LogP contribution is 2.31. The van der Waals surface area contributed by atoms with E-state index >= 15 is 0 Å². The number of likely N-dealkylation sites (N-methyl/N-ethyl adjacent to an activating group) is 1. The molecule has 0 bridgehead atoms. The van der Waals surface area contributed by atoms with Crippen molar-refractivity contribution in [3.63, 3.8) is 0 Å². The van der Waals surface area contributed by atoms with Crippen molar-refractivity contribution in [1.82, 2.24) is 4.90 Å². The number of aryl methyl sites for hydroxylation is 1. The Morgan fingerprint density at radius 2 is 2.09 bits per heavy atom. The molecule has 5 nitrogen and oxygen atoms in total. The third kappa shape index (κ3) is 5.68. The summed E-state index contributed by atoms with van der Waals surface area (Å²) in [5.74, 6) is 0.364. The molecule has 0 radical (unpaired) electrons. The van der Waals surface area contributed by atoms with Crippen LogP contribution in [0.25, 0.3) is 0 Å². The summed E-state index contributed by atoms with van der Waals surface area (Å²) in [5.41, 5.74) is 0.587. The monoisotopic (exact) mass is 342 g/mol. The van der Waals surface area contributed by atoms with E-state index in [4.69, 9.17) is 16.3 Å². The van der Waals surface area contributed by atoms with Crippen LogP contribution in [0.15, 0.2) is 12.1 Å². The number of rotatable bonds is 7. The number of ether oxygens (including phenoxy) is 1. The highest BCUT2D eigenvalue weighted by molar-refractivity contribution is 6.31. The summed E-state index contributed by atoms with van der Waals surface area (Å²) in [7, 11) is 1.53. The fraction of sp³-hybridized carbons (Fsp3) is 0.588. The van der Waals surface area contributed by atoms with Crippen LogP contribution in [-0.2, 0) is 4.79 Å². The summed E-state index contributed by atoms with van der Waals surface area (Å²) in [6, 6.07) is 3.09. The van der Waals surface area contributed by atoms with Crippen molar-refractivity contribution in [1.29, 1.82) is 0 Å². The maximum absolute atomic E-state index is 12.5. The molecule has 1 unspecified atom stereocenters. The second-order valence-corrected chi connectivity index (χ2v) is 6.75. The van der Waals surface area contributed by atoms with Gasteiger partial charge in [-0.15, -0.1) is 0 Å². The molecule has 0 fully saturated rings. The average molecular weight is 343 g/mol. The number of aliphatic hydroxyl groups is 1. The molecule has 130 valence electrons. The van der Waals surface area contributed by atoms with E-state index in [2.05, 4.69) is 5.32 Å². The summed E-state index contributed by atoms with van der Waals surface area (Å²) in [6.07, 6.45) is 0. The Morgan fingerprint density at radius 3 is 2.57 bits per heavy atom. The summed E-state index contributed by atoms with van der Waals surface area (Å²) in [4.78, 5) is 14.5. The molecule has 1 aromatic carbocycles. The van der Waals surface area contributed by atoms with E-state index in [0.29, 0.717) is 29.5 Å². The van der Waals surface area contributed by atoms with E-state index in [0.717, 1.165) is 5.56 Å². The number of benzene rings is 1. The number of anilines is 1. The lowest BCUT2D eigenvalue weighted by Gasteiger charge is -2.32. The molecule has 0 saturated carbocycles. The van der Waals surface area contributed by atoms with Gasteiger partial charge in [-0.05, 0) is 45.9 Å². The Morgan fingerprint density at radius 1 is 1.48 bits per heavy atom. The summed E-state index contributed by atoms with van der Waals surface area (Å²) >= 11 is 6.08. The maximum Gasteiger partial charge on any atom is 0.241 e. The molecule has 0 aliphatic carbocycles. The van der Waals surface area contributed by atoms with Gasteiger partial charge in [0, 0.05) is 17.6 Å². The van der Waals surface area contributed by atoms with Crippen molar-refractivity contribution < 1.29 is 14.6 Å². The summed E-state index contributed by atoms with van der Waals surface area (Å²) < 4.78 is 5.28. The van der Waals surface area contributed by atoms with E-state index in [9.17, 15) is 9.90 Å². The van der Waals surface area contributed by atoms with E-state index in [-0.39, 0.29) is 11.9 Å². The van der Waals surface area contributed by atoms with Crippen LogP contribution in [-0.4, -0.2) is 47.8 Å². The van der Waals surface area contributed by atoms with Crippen LogP contribution < -0.4 is 10.1 Å². The minimum absolute atomic E-state index is 0.156. The van der Waals surface area contributed by atoms with Gasteiger partial charge in [0.1, 0.15) is 5.75 Å². The second-order valence-electron chi connectivity index (χ2n) is 6.34. The minimum Gasteiger partial charge on any atom is -0.495 e. The van der Waals surface area contributed by atoms with Crippen molar-refractivity contribution in [2.45, 2.75) is 46.3 Å². The average Bonchev–Trinajstić information content (AvgIpc) is 2.46. The van der Waals surface area contributed by atoms with Gasteiger partial charge in [-0.2, -0.15) is 0 Å². The van der Waals surface area contributed by atoms with Crippen LogP contribution in [0.1, 0.15) is 33.3 Å². The first kappa shape index (κ1) is 19.7. The smallest absolute Gasteiger partial charge is 0.241 e. The Labute approximate surface area is 143 Å². The predicted octanol–water partition coefficient (Wildman–Crippen LogP) is 3.08. The zero-order chi connectivity index (χ0) is 17.8. The Bertz CT molecular complexity index is 556. The lowest BCUT2D eigenvalue weighted by atomic mass is 10.1. The van der Waals surface area contributed by atoms with E-state index in [1.165, 1.54) is 7.11 Å². The van der Waals surface area contributed by atoms with Gasteiger partial charge < -0.3 is 15.2 Å². The second kappa shape index (κ2) is 7.99. The fourth-order valence-corrected chi connectivity index (χ4v) is 2.51.